The van der Waals surface area contributed by atoms with Crippen LogP contribution in [0.1, 0.15) is 38.5 Å². The second-order valence-corrected chi connectivity index (χ2v) is 8.80. The number of hydrogen-bond donors (Lipinski definition) is 1. The molecular weight excluding hydrogens is 352 g/mol. The molecule has 1 aromatic rings. The number of nitrogen functional groups attached to an aromatic ring is 1. The summed E-state index contributed by atoms with van der Waals surface area (Å²) in [6.07, 6.45) is 6.68. The summed E-state index contributed by atoms with van der Waals surface area (Å²) in [5.41, 5.74) is 6.32. The number of nitrogens with zero attached hydrogens (tertiary/aromatic N) is 1. The first kappa shape index (κ1) is 15.3. The molecule has 2 N–H and O–H groups in total. The molecule has 116 valence electrons. The molecule has 2 aliphatic rings. The zero-order valence-electron chi connectivity index (χ0n) is 12.0. The van der Waals surface area contributed by atoms with Crippen LogP contribution < -0.4 is 5.73 Å². The van der Waals surface area contributed by atoms with Gasteiger partial charge in [-0.25, -0.2) is 8.42 Å². The van der Waals surface area contributed by atoms with Crippen LogP contribution in [-0.4, -0.2) is 25.3 Å². The second-order valence-electron chi connectivity index (χ2n) is 6.05. The molecule has 0 radical (unpaired) electrons. The molecule has 1 heterocycles. The van der Waals surface area contributed by atoms with E-state index in [9.17, 15) is 8.42 Å². The number of piperidine rings is 1. The molecule has 6 heteroatoms. The molecule has 2 fully saturated rings. The second kappa shape index (κ2) is 5.89. The fourth-order valence-electron chi connectivity index (χ4n) is 3.68. The Morgan fingerprint density at radius 3 is 2.62 bits per heavy atom. The highest BCUT2D eigenvalue weighted by Gasteiger charge is 2.39. The van der Waals surface area contributed by atoms with Crippen LogP contribution in [0.5, 0.6) is 0 Å². The van der Waals surface area contributed by atoms with E-state index in [2.05, 4.69) is 15.9 Å². The van der Waals surface area contributed by atoms with E-state index in [1.807, 2.05) is 0 Å². The fraction of sp³-hybridized carbons (Fsp3) is 0.600. The maximum absolute atomic E-state index is 13.0. The van der Waals surface area contributed by atoms with E-state index in [1.54, 1.807) is 22.5 Å². The molecular formula is C15H21BrN2O2S. The molecule has 21 heavy (non-hydrogen) atoms. The van der Waals surface area contributed by atoms with Gasteiger partial charge < -0.3 is 5.73 Å². The Labute approximate surface area is 134 Å². The molecule has 1 saturated carbocycles. The normalized spacial score (nSPS) is 27.3. The summed E-state index contributed by atoms with van der Waals surface area (Å²) in [5.74, 6) is 0.541. The first-order valence-corrected chi connectivity index (χ1v) is 9.80. The van der Waals surface area contributed by atoms with Crippen LogP contribution in [0.3, 0.4) is 0 Å². The monoisotopic (exact) mass is 372 g/mol. The van der Waals surface area contributed by atoms with Crippen molar-refractivity contribution in [3.05, 3.63) is 22.7 Å². The molecule has 0 bridgehead atoms. The molecule has 1 saturated heterocycles. The van der Waals surface area contributed by atoms with E-state index < -0.39 is 10.0 Å². The van der Waals surface area contributed by atoms with Gasteiger partial charge in [0.1, 0.15) is 0 Å². The lowest BCUT2D eigenvalue weighted by Gasteiger charge is -2.43. The van der Waals surface area contributed by atoms with Crippen LogP contribution in [0.25, 0.3) is 0 Å². The first-order chi connectivity index (χ1) is 10.00. The van der Waals surface area contributed by atoms with E-state index in [1.165, 1.54) is 19.3 Å². The molecule has 0 spiro atoms. The molecule has 0 amide bonds. The Kier molecular flexibility index (Phi) is 4.30. The van der Waals surface area contributed by atoms with Gasteiger partial charge in [-0.2, -0.15) is 4.31 Å². The molecule has 2 atom stereocenters. The van der Waals surface area contributed by atoms with Crippen LogP contribution in [0.15, 0.2) is 27.6 Å². The largest absolute Gasteiger partial charge is 0.398 e. The van der Waals surface area contributed by atoms with Gasteiger partial charge in [0.05, 0.1) is 4.90 Å². The summed E-state index contributed by atoms with van der Waals surface area (Å²) in [7, 11) is -3.42. The Morgan fingerprint density at radius 2 is 1.86 bits per heavy atom. The third kappa shape index (κ3) is 2.85. The summed E-state index contributed by atoms with van der Waals surface area (Å²) < 4.78 is 28.3. The molecule has 1 aliphatic heterocycles. The predicted octanol–water partition coefficient (Wildman–Crippen LogP) is 3.37. The zero-order chi connectivity index (χ0) is 15.0. The molecule has 3 rings (SSSR count). The highest BCUT2D eigenvalue weighted by molar-refractivity contribution is 9.10. The third-order valence-electron chi connectivity index (χ3n) is 4.77. The highest BCUT2D eigenvalue weighted by Crippen LogP contribution is 2.38. The maximum Gasteiger partial charge on any atom is 0.243 e. The maximum atomic E-state index is 13.0. The minimum Gasteiger partial charge on any atom is -0.398 e. The summed E-state index contributed by atoms with van der Waals surface area (Å²) in [5, 5.41) is 0. The molecule has 4 nitrogen and oxygen atoms in total. The van der Waals surface area contributed by atoms with Crippen LogP contribution in [-0.2, 0) is 10.0 Å². The number of halogens is 1. The van der Waals surface area contributed by atoms with Crippen molar-refractivity contribution < 1.29 is 8.42 Å². The van der Waals surface area contributed by atoms with E-state index >= 15 is 0 Å². The lowest BCUT2D eigenvalue weighted by atomic mass is 9.79. The standard InChI is InChI=1S/C15H21BrN2O2S/c16-13-10-12(7-8-14(13)17)21(19,20)18-9-3-5-11-4-1-2-6-15(11)18/h7-8,10-11,15H,1-6,9,17H2. The Bertz CT molecular complexity index is 631. The van der Waals surface area contributed by atoms with E-state index in [0.717, 1.165) is 19.3 Å². The van der Waals surface area contributed by atoms with Gasteiger partial charge in [0.15, 0.2) is 0 Å². The van der Waals surface area contributed by atoms with Crippen molar-refractivity contribution in [3.63, 3.8) is 0 Å². The van der Waals surface area contributed by atoms with Gasteiger partial charge in [-0.05, 0) is 65.7 Å². The molecule has 2 unspecified atom stereocenters. The summed E-state index contributed by atoms with van der Waals surface area (Å²) >= 11 is 3.32. The first-order valence-electron chi connectivity index (χ1n) is 7.57. The number of sulfonamides is 1. The zero-order valence-corrected chi connectivity index (χ0v) is 14.4. The van der Waals surface area contributed by atoms with Crippen molar-refractivity contribution in [3.8, 4) is 0 Å². The third-order valence-corrected chi connectivity index (χ3v) is 7.38. The van der Waals surface area contributed by atoms with E-state index in [0.29, 0.717) is 27.5 Å². The van der Waals surface area contributed by atoms with Gasteiger partial charge in [0.2, 0.25) is 10.0 Å². The van der Waals surface area contributed by atoms with Gasteiger partial charge in [-0.15, -0.1) is 0 Å². The SMILES string of the molecule is Nc1ccc(S(=O)(=O)N2CCCC3CCCCC32)cc1Br. The average molecular weight is 373 g/mol. The van der Waals surface area contributed by atoms with Gasteiger partial charge in [-0.3, -0.25) is 0 Å². The van der Waals surface area contributed by atoms with Crippen LogP contribution in [0.4, 0.5) is 5.69 Å². The average Bonchev–Trinajstić information content (AvgIpc) is 2.49. The smallest absolute Gasteiger partial charge is 0.243 e. The van der Waals surface area contributed by atoms with Crippen molar-refractivity contribution in [1.82, 2.24) is 4.31 Å². The van der Waals surface area contributed by atoms with Crippen molar-refractivity contribution in [1.29, 1.82) is 0 Å². The predicted molar refractivity (Wildman–Crippen MR) is 87.4 cm³/mol. The molecule has 1 aliphatic carbocycles. The van der Waals surface area contributed by atoms with E-state index in [-0.39, 0.29) is 6.04 Å². The Hall–Kier alpha value is -0.590. The minimum atomic E-state index is -3.42. The quantitative estimate of drug-likeness (QED) is 0.809. The summed E-state index contributed by atoms with van der Waals surface area (Å²) in [4.78, 5) is 0.342. The van der Waals surface area contributed by atoms with Crippen molar-refractivity contribution in [2.24, 2.45) is 5.92 Å². The number of benzene rings is 1. The van der Waals surface area contributed by atoms with Crippen molar-refractivity contribution in [2.45, 2.75) is 49.5 Å². The van der Waals surface area contributed by atoms with Crippen molar-refractivity contribution in [2.75, 3.05) is 12.3 Å². The lowest BCUT2D eigenvalue weighted by molar-refractivity contribution is 0.129. The number of rotatable bonds is 2. The number of hydrogen-bond acceptors (Lipinski definition) is 3. The van der Waals surface area contributed by atoms with Gasteiger partial charge in [-0.1, -0.05) is 12.8 Å². The van der Waals surface area contributed by atoms with Crippen molar-refractivity contribution >= 4 is 31.6 Å². The number of nitrogens with two attached hydrogens (primary N) is 1. The van der Waals surface area contributed by atoms with Gasteiger partial charge in [0.25, 0.3) is 0 Å². The number of anilines is 1. The highest BCUT2D eigenvalue weighted by atomic mass is 79.9. The summed E-state index contributed by atoms with van der Waals surface area (Å²) in [6.45, 7) is 0.644. The van der Waals surface area contributed by atoms with Gasteiger partial charge >= 0.3 is 0 Å². The molecule has 0 aromatic heterocycles. The molecule has 1 aromatic carbocycles. The number of fused-ring (bicyclic) bond motifs is 1. The Morgan fingerprint density at radius 1 is 1.14 bits per heavy atom. The van der Waals surface area contributed by atoms with E-state index in [4.69, 9.17) is 5.73 Å². The van der Waals surface area contributed by atoms with Crippen LogP contribution >= 0.6 is 15.9 Å². The van der Waals surface area contributed by atoms with Gasteiger partial charge in [0, 0.05) is 22.7 Å². The van der Waals surface area contributed by atoms with Crippen LogP contribution in [0, 0.1) is 5.92 Å². The fourth-order valence-corrected chi connectivity index (χ4v) is 5.99. The van der Waals surface area contributed by atoms with Crippen LogP contribution in [0.2, 0.25) is 0 Å². The summed E-state index contributed by atoms with van der Waals surface area (Å²) in [6, 6.07) is 5.08. The lowest BCUT2D eigenvalue weighted by Crippen LogP contribution is -2.49. The minimum absolute atomic E-state index is 0.189. The topological polar surface area (TPSA) is 63.4 Å². The Balaban J connectivity index is 1.94.